The molecule has 0 aromatic heterocycles. The fraction of sp³-hybridized carbons (Fsp3) is 0.481. The molecule has 2 aliphatic carbocycles. The summed E-state index contributed by atoms with van der Waals surface area (Å²) in [5, 5.41) is 2.79. The molecular formula is C27H36O2Si. The van der Waals surface area contributed by atoms with Gasteiger partial charge in [-0.15, -0.1) is 0 Å². The van der Waals surface area contributed by atoms with Crippen molar-refractivity contribution in [1.82, 2.24) is 0 Å². The van der Waals surface area contributed by atoms with Crippen molar-refractivity contribution in [3.8, 4) is 0 Å². The quantitative estimate of drug-likeness (QED) is 0.424. The Morgan fingerprint density at radius 2 is 1.40 bits per heavy atom. The summed E-state index contributed by atoms with van der Waals surface area (Å²) in [6.07, 6.45) is 10.5. The molecule has 0 radical (unpaired) electrons. The van der Waals surface area contributed by atoms with Crippen LogP contribution in [0, 0.1) is 10.8 Å². The molecule has 0 unspecified atom stereocenters. The average molecular weight is 421 g/mol. The molecule has 2 aliphatic rings. The molecule has 2 aromatic carbocycles. The number of benzene rings is 2. The van der Waals surface area contributed by atoms with Gasteiger partial charge < -0.3 is 9.16 Å². The van der Waals surface area contributed by atoms with Crippen molar-refractivity contribution in [3.05, 3.63) is 73.0 Å². The number of methoxy groups -OCH3 is 1. The predicted molar refractivity (Wildman–Crippen MR) is 128 cm³/mol. The van der Waals surface area contributed by atoms with Gasteiger partial charge in [-0.2, -0.15) is 0 Å². The van der Waals surface area contributed by atoms with Gasteiger partial charge in [0.15, 0.2) is 0 Å². The van der Waals surface area contributed by atoms with Gasteiger partial charge >= 0.3 is 0 Å². The van der Waals surface area contributed by atoms with E-state index in [1.165, 1.54) is 42.5 Å². The van der Waals surface area contributed by atoms with E-state index < -0.39 is 8.32 Å². The molecule has 0 N–H and O–H groups in total. The normalized spacial score (nSPS) is 26.4. The highest BCUT2D eigenvalue weighted by atomic mass is 28.4. The van der Waals surface area contributed by atoms with Gasteiger partial charge in [-0.3, -0.25) is 0 Å². The zero-order valence-electron chi connectivity index (χ0n) is 19.0. The van der Waals surface area contributed by atoms with Gasteiger partial charge in [-0.1, -0.05) is 81.4 Å². The maximum Gasteiger partial charge on any atom is 0.261 e. The standard InChI is InChI=1S/C27H36O2Si/c1-25(2,3)30(23-11-7-5-8-12-23,24-13-9-6-10-14-24)29-22-27-17-15-26(21-27,16-18-27)19-20-28-4/h5-14,19-20H,15-18,21-22H2,1-4H3/b20-19+. The SMILES string of the molecule is CO/C=C/C12CCC(CO[Si](c3ccccc3)(c3ccccc3)C(C)(C)C)(CC1)C2. The smallest absolute Gasteiger partial charge is 0.261 e. The Morgan fingerprint density at radius 3 is 1.87 bits per heavy atom. The van der Waals surface area contributed by atoms with E-state index in [2.05, 4.69) is 87.5 Å². The fourth-order valence-electron chi connectivity index (χ4n) is 6.03. The van der Waals surface area contributed by atoms with Crippen LogP contribution in [-0.2, 0) is 9.16 Å². The second-order valence-corrected chi connectivity index (χ2v) is 14.8. The molecule has 0 amide bonds. The van der Waals surface area contributed by atoms with E-state index in [9.17, 15) is 0 Å². The Bertz CT molecular complexity index is 819. The Kier molecular flexibility index (Phi) is 5.71. The fourth-order valence-corrected chi connectivity index (χ4v) is 10.7. The first-order valence-electron chi connectivity index (χ1n) is 11.3. The van der Waals surface area contributed by atoms with Gasteiger partial charge in [0.05, 0.1) is 13.4 Å². The first-order chi connectivity index (χ1) is 14.3. The lowest BCUT2D eigenvalue weighted by Gasteiger charge is -2.45. The van der Waals surface area contributed by atoms with E-state index in [1.807, 2.05) is 6.26 Å². The number of hydrogen-bond acceptors (Lipinski definition) is 2. The summed E-state index contributed by atoms with van der Waals surface area (Å²) < 4.78 is 12.6. The Morgan fingerprint density at radius 1 is 0.867 bits per heavy atom. The zero-order valence-corrected chi connectivity index (χ0v) is 20.0. The largest absolute Gasteiger partial charge is 0.505 e. The third-order valence-electron chi connectivity index (χ3n) is 7.60. The van der Waals surface area contributed by atoms with E-state index >= 15 is 0 Å². The second kappa shape index (κ2) is 8.01. The molecule has 0 aliphatic heterocycles. The number of ether oxygens (including phenoxy) is 1. The van der Waals surface area contributed by atoms with Crippen LogP contribution in [0.5, 0.6) is 0 Å². The minimum absolute atomic E-state index is 0.0383. The molecule has 0 atom stereocenters. The average Bonchev–Trinajstić information content (AvgIpc) is 3.30. The van der Waals surface area contributed by atoms with Crippen molar-refractivity contribution in [3.63, 3.8) is 0 Å². The highest BCUT2D eigenvalue weighted by molar-refractivity contribution is 6.99. The lowest BCUT2D eigenvalue weighted by Crippen LogP contribution is -2.67. The maximum absolute atomic E-state index is 7.30. The molecular weight excluding hydrogens is 384 g/mol. The number of fused-ring (bicyclic) bond motifs is 2. The second-order valence-electron chi connectivity index (χ2n) is 10.5. The van der Waals surface area contributed by atoms with E-state index in [4.69, 9.17) is 9.16 Å². The van der Waals surface area contributed by atoms with E-state index in [0.717, 1.165) is 6.61 Å². The van der Waals surface area contributed by atoms with Crippen molar-refractivity contribution in [2.24, 2.45) is 10.8 Å². The number of hydrogen-bond donors (Lipinski definition) is 0. The molecule has 3 heteroatoms. The molecule has 2 fully saturated rings. The highest BCUT2D eigenvalue weighted by Crippen LogP contribution is 2.62. The van der Waals surface area contributed by atoms with Crippen LogP contribution >= 0.6 is 0 Å². The molecule has 2 bridgehead atoms. The van der Waals surface area contributed by atoms with E-state index in [0.29, 0.717) is 10.8 Å². The summed E-state index contributed by atoms with van der Waals surface area (Å²) in [4.78, 5) is 0. The topological polar surface area (TPSA) is 18.5 Å². The summed E-state index contributed by atoms with van der Waals surface area (Å²) in [6.45, 7) is 7.96. The highest BCUT2D eigenvalue weighted by Gasteiger charge is 2.56. The minimum atomic E-state index is -2.45. The van der Waals surface area contributed by atoms with Gasteiger partial charge in [-0.05, 0) is 64.4 Å². The van der Waals surface area contributed by atoms with E-state index in [1.54, 1.807) is 7.11 Å². The molecule has 0 saturated heterocycles. The Labute approximate surface area is 183 Å². The molecule has 2 aromatic rings. The van der Waals surface area contributed by atoms with Gasteiger partial charge in [0, 0.05) is 6.61 Å². The summed E-state index contributed by atoms with van der Waals surface area (Å²) in [5.41, 5.74) is 0.635. The third-order valence-corrected chi connectivity index (χ3v) is 12.6. The molecule has 4 rings (SSSR count). The monoisotopic (exact) mass is 420 g/mol. The minimum Gasteiger partial charge on any atom is -0.505 e. The first kappa shape index (κ1) is 21.4. The van der Waals surface area contributed by atoms with Crippen molar-refractivity contribution in [2.45, 2.75) is 57.9 Å². The summed E-state index contributed by atoms with van der Waals surface area (Å²) >= 11 is 0. The van der Waals surface area contributed by atoms with Crippen molar-refractivity contribution in [2.75, 3.05) is 13.7 Å². The predicted octanol–water partition coefficient (Wildman–Crippen LogP) is 5.67. The van der Waals surface area contributed by atoms with Crippen molar-refractivity contribution < 1.29 is 9.16 Å². The maximum atomic E-state index is 7.30. The third kappa shape index (κ3) is 3.67. The van der Waals surface area contributed by atoms with Crippen LogP contribution in [-0.4, -0.2) is 22.0 Å². The first-order valence-corrected chi connectivity index (χ1v) is 13.2. The van der Waals surface area contributed by atoms with Crippen molar-refractivity contribution >= 4 is 18.7 Å². The lowest BCUT2D eigenvalue weighted by atomic mass is 9.82. The Hall–Kier alpha value is -1.84. The van der Waals surface area contributed by atoms with Gasteiger partial charge in [0.1, 0.15) is 0 Å². The molecule has 2 nitrogen and oxygen atoms in total. The molecule has 2 saturated carbocycles. The van der Waals surface area contributed by atoms with Gasteiger partial charge in [0.25, 0.3) is 8.32 Å². The van der Waals surface area contributed by atoms with Crippen LogP contribution in [0.4, 0.5) is 0 Å². The summed E-state index contributed by atoms with van der Waals surface area (Å²) in [5.74, 6) is 0. The van der Waals surface area contributed by atoms with Crippen LogP contribution in [0.1, 0.15) is 52.9 Å². The molecule has 0 spiro atoms. The molecule has 30 heavy (non-hydrogen) atoms. The summed E-state index contributed by atoms with van der Waals surface area (Å²) in [6, 6.07) is 22.0. The lowest BCUT2D eigenvalue weighted by molar-refractivity contribution is 0.143. The van der Waals surface area contributed by atoms with Crippen LogP contribution in [0.15, 0.2) is 73.0 Å². The van der Waals surface area contributed by atoms with Gasteiger partial charge in [0.2, 0.25) is 0 Å². The number of allylic oxidation sites excluding steroid dienone is 1. The van der Waals surface area contributed by atoms with Gasteiger partial charge in [-0.25, -0.2) is 0 Å². The van der Waals surface area contributed by atoms with Crippen molar-refractivity contribution in [1.29, 1.82) is 0 Å². The zero-order chi connectivity index (χ0) is 21.3. The van der Waals surface area contributed by atoms with Crippen LogP contribution < -0.4 is 10.4 Å². The summed E-state index contributed by atoms with van der Waals surface area (Å²) in [7, 11) is -0.708. The van der Waals surface area contributed by atoms with E-state index in [-0.39, 0.29) is 5.04 Å². The van der Waals surface area contributed by atoms with Crippen LogP contribution in [0.3, 0.4) is 0 Å². The molecule has 0 heterocycles. The molecule has 160 valence electrons. The Balaban J connectivity index is 1.69. The van der Waals surface area contributed by atoms with Crippen LogP contribution in [0.2, 0.25) is 5.04 Å². The number of rotatable bonds is 7. The van der Waals surface area contributed by atoms with Crippen LogP contribution in [0.25, 0.3) is 0 Å².